The lowest BCUT2D eigenvalue weighted by atomic mass is 9.71. The molecule has 0 spiro atoms. The number of carbonyl (C=O) groups is 3. The molecule has 16 heavy (non-hydrogen) atoms. The van der Waals surface area contributed by atoms with Crippen LogP contribution >= 0.6 is 0 Å². The number of hydrogen-bond donors (Lipinski definition) is 2. The molecule has 1 aliphatic rings. The van der Waals surface area contributed by atoms with Crippen molar-refractivity contribution < 1.29 is 24.6 Å². The molecule has 0 saturated carbocycles. The summed E-state index contributed by atoms with van der Waals surface area (Å²) in [6.45, 7) is 3.80. The van der Waals surface area contributed by atoms with E-state index in [2.05, 4.69) is 0 Å². The average molecular weight is 224 g/mol. The highest BCUT2D eigenvalue weighted by Gasteiger charge is 2.47. The number of hydrogen-bond acceptors (Lipinski definition) is 5. The molecule has 0 saturated heterocycles. The van der Waals surface area contributed by atoms with E-state index in [9.17, 15) is 19.5 Å². The summed E-state index contributed by atoms with van der Waals surface area (Å²) in [7, 11) is 0. The van der Waals surface area contributed by atoms with Crippen LogP contribution in [0.25, 0.3) is 0 Å². The van der Waals surface area contributed by atoms with Crippen molar-refractivity contribution in [3.8, 4) is 0 Å². The van der Waals surface area contributed by atoms with Crippen molar-refractivity contribution in [3.05, 3.63) is 23.2 Å². The molecule has 0 fully saturated rings. The Bertz CT molecular complexity index is 451. The molecule has 0 aromatic rings. The van der Waals surface area contributed by atoms with Crippen LogP contribution in [0.4, 0.5) is 0 Å². The minimum Gasteiger partial charge on any atom is -0.515 e. The Morgan fingerprint density at radius 3 is 2.12 bits per heavy atom. The normalized spacial score (nSPS) is 22.8. The molecule has 0 aromatic heterocycles. The van der Waals surface area contributed by atoms with Crippen LogP contribution in [-0.4, -0.2) is 27.6 Å². The molecule has 0 radical (unpaired) electrons. The van der Waals surface area contributed by atoms with Crippen LogP contribution in [0.3, 0.4) is 0 Å². The second-order valence-corrected chi connectivity index (χ2v) is 4.11. The lowest BCUT2D eigenvalue weighted by molar-refractivity contribution is -0.136. The smallest absolute Gasteiger partial charge is 0.183 e. The fourth-order valence-electron chi connectivity index (χ4n) is 1.55. The number of aliphatic hydroxyl groups is 2. The fraction of sp³-hybridized carbons (Fsp3) is 0.364. The van der Waals surface area contributed by atoms with Crippen molar-refractivity contribution >= 4 is 17.3 Å². The maximum Gasteiger partial charge on any atom is 0.183 e. The van der Waals surface area contributed by atoms with Gasteiger partial charge in [0, 0.05) is 0 Å². The number of allylic oxidation sites excluding steroid dienone is 2. The zero-order valence-electron chi connectivity index (χ0n) is 9.20. The van der Waals surface area contributed by atoms with Gasteiger partial charge in [-0.2, -0.15) is 0 Å². The van der Waals surface area contributed by atoms with Gasteiger partial charge in [-0.05, 0) is 20.8 Å². The van der Waals surface area contributed by atoms with Gasteiger partial charge in [0.05, 0.1) is 17.3 Å². The van der Waals surface area contributed by atoms with Crippen LogP contribution in [0.5, 0.6) is 0 Å². The van der Waals surface area contributed by atoms with Gasteiger partial charge >= 0.3 is 0 Å². The monoisotopic (exact) mass is 224 g/mol. The average Bonchev–Trinajstić information content (AvgIpc) is 2.16. The predicted octanol–water partition coefficient (Wildman–Crippen LogP) is 1.01. The molecule has 2 N–H and O–H groups in total. The van der Waals surface area contributed by atoms with E-state index in [-0.39, 0.29) is 0 Å². The van der Waals surface area contributed by atoms with Crippen molar-refractivity contribution in [2.45, 2.75) is 20.8 Å². The van der Waals surface area contributed by atoms with Crippen LogP contribution in [0.15, 0.2) is 23.2 Å². The Kier molecular flexibility index (Phi) is 2.73. The van der Waals surface area contributed by atoms with Crippen molar-refractivity contribution in [1.82, 2.24) is 0 Å². The second kappa shape index (κ2) is 3.59. The van der Waals surface area contributed by atoms with Crippen molar-refractivity contribution in [2.24, 2.45) is 5.41 Å². The first-order valence-corrected chi connectivity index (χ1v) is 4.63. The standard InChI is InChI=1S/C11H12O5/c1-5(13)7-8(14)6(4-12)9(15)11(2,3)10(7)16/h4,12,14H,1-3H3/b6-4-. The van der Waals surface area contributed by atoms with Crippen LogP contribution < -0.4 is 0 Å². The highest BCUT2D eigenvalue weighted by Crippen LogP contribution is 2.35. The highest BCUT2D eigenvalue weighted by molar-refractivity contribution is 6.33. The van der Waals surface area contributed by atoms with E-state index in [4.69, 9.17) is 5.11 Å². The van der Waals surface area contributed by atoms with E-state index < -0.39 is 39.7 Å². The van der Waals surface area contributed by atoms with E-state index in [1.807, 2.05) is 0 Å². The molecule has 0 aliphatic heterocycles. The molecule has 0 unspecified atom stereocenters. The van der Waals surface area contributed by atoms with Gasteiger partial charge in [0.25, 0.3) is 0 Å². The zero-order chi connectivity index (χ0) is 12.7. The van der Waals surface area contributed by atoms with Crippen LogP contribution in [-0.2, 0) is 14.4 Å². The zero-order valence-corrected chi connectivity index (χ0v) is 9.20. The molecule has 0 bridgehead atoms. The number of carbonyl (C=O) groups excluding carboxylic acids is 3. The third-order valence-corrected chi connectivity index (χ3v) is 2.58. The van der Waals surface area contributed by atoms with Crippen LogP contribution in [0.1, 0.15) is 20.8 Å². The summed E-state index contributed by atoms with van der Waals surface area (Å²) >= 11 is 0. The Morgan fingerprint density at radius 1 is 1.25 bits per heavy atom. The first-order valence-electron chi connectivity index (χ1n) is 4.63. The minimum absolute atomic E-state index is 0.408. The van der Waals surface area contributed by atoms with Crippen molar-refractivity contribution in [3.63, 3.8) is 0 Å². The fourth-order valence-corrected chi connectivity index (χ4v) is 1.55. The van der Waals surface area contributed by atoms with Crippen molar-refractivity contribution in [2.75, 3.05) is 0 Å². The summed E-state index contributed by atoms with van der Waals surface area (Å²) in [5.41, 5.74) is -2.29. The molecule has 0 heterocycles. The summed E-state index contributed by atoms with van der Waals surface area (Å²) in [6, 6.07) is 0. The van der Waals surface area contributed by atoms with Gasteiger partial charge in [-0.25, -0.2) is 0 Å². The number of Topliss-reactive ketones (excluding diaryl/α,β-unsaturated/α-hetero) is 3. The van der Waals surface area contributed by atoms with E-state index in [1.54, 1.807) is 0 Å². The molecule has 86 valence electrons. The maximum atomic E-state index is 11.8. The minimum atomic E-state index is -1.44. The molecule has 5 heteroatoms. The van der Waals surface area contributed by atoms with Gasteiger partial charge in [0.15, 0.2) is 17.3 Å². The molecule has 0 atom stereocenters. The maximum absolute atomic E-state index is 11.8. The lowest BCUT2D eigenvalue weighted by Gasteiger charge is -2.28. The molecular formula is C11H12O5. The first kappa shape index (κ1) is 12.2. The Morgan fingerprint density at radius 2 is 1.75 bits per heavy atom. The van der Waals surface area contributed by atoms with E-state index in [0.717, 1.165) is 6.92 Å². The van der Waals surface area contributed by atoms with E-state index >= 15 is 0 Å². The molecular weight excluding hydrogens is 212 g/mol. The Labute approximate surface area is 92.1 Å². The first-order chi connectivity index (χ1) is 7.25. The topological polar surface area (TPSA) is 91.7 Å². The Balaban J connectivity index is 3.59. The van der Waals surface area contributed by atoms with Gasteiger partial charge in [-0.1, -0.05) is 0 Å². The van der Waals surface area contributed by atoms with Gasteiger partial charge in [-0.3, -0.25) is 14.4 Å². The predicted molar refractivity (Wildman–Crippen MR) is 54.8 cm³/mol. The van der Waals surface area contributed by atoms with Crippen molar-refractivity contribution in [1.29, 1.82) is 0 Å². The quantitative estimate of drug-likeness (QED) is 0.300. The SMILES string of the molecule is CC(=O)C1=C(O)/C(=C/O)C(=O)C(C)(C)C1=O. The number of aliphatic hydroxyl groups excluding tert-OH is 2. The van der Waals surface area contributed by atoms with Crippen LogP contribution in [0.2, 0.25) is 0 Å². The molecule has 5 nitrogen and oxygen atoms in total. The summed E-state index contributed by atoms with van der Waals surface area (Å²) < 4.78 is 0. The number of rotatable bonds is 1. The highest BCUT2D eigenvalue weighted by atomic mass is 16.3. The molecule has 0 aromatic carbocycles. The molecule has 1 aliphatic carbocycles. The molecule has 1 rings (SSSR count). The molecule has 0 amide bonds. The second-order valence-electron chi connectivity index (χ2n) is 4.11. The lowest BCUT2D eigenvalue weighted by Crippen LogP contribution is -2.42. The largest absolute Gasteiger partial charge is 0.515 e. The summed E-state index contributed by atoms with van der Waals surface area (Å²) in [5, 5.41) is 18.4. The summed E-state index contributed by atoms with van der Waals surface area (Å²) in [5.74, 6) is -2.82. The number of ketones is 3. The Hall–Kier alpha value is -1.91. The third kappa shape index (κ3) is 1.44. The van der Waals surface area contributed by atoms with Gasteiger partial charge in [0.1, 0.15) is 11.3 Å². The summed E-state index contributed by atoms with van der Waals surface area (Å²) in [6.07, 6.45) is 0.412. The van der Waals surface area contributed by atoms with Crippen LogP contribution in [0, 0.1) is 5.41 Å². The third-order valence-electron chi connectivity index (χ3n) is 2.58. The summed E-state index contributed by atoms with van der Waals surface area (Å²) in [4.78, 5) is 34.7. The van der Waals surface area contributed by atoms with E-state index in [0.29, 0.717) is 6.26 Å². The van der Waals surface area contributed by atoms with Gasteiger partial charge in [-0.15, -0.1) is 0 Å². The van der Waals surface area contributed by atoms with Gasteiger partial charge < -0.3 is 10.2 Å². The van der Waals surface area contributed by atoms with E-state index in [1.165, 1.54) is 13.8 Å². The van der Waals surface area contributed by atoms with Gasteiger partial charge in [0.2, 0.25) is 0 Å².